The first-order valence-corrected chi connectivity index (χ1v) is 10.6. The average Bonchev–Trinajstić information content (AvgIpc) is 2.50. The van der Waals surface area contributed by atoms with Crippen LogP contribution in [0.3, 0.4) is 0 Å². The topological polar surface area (TPSA) is 27.7 Å². The quantitative estimate of drug-likeness (QED) is 0.421. The maximum atomic E-state index is 6.16. The highest BCUT2D eigenvalue weighted by atomic mass is 127. The molecule has 0 radical (unpaired) electrons. The Morgan fingerprint density at radius 1 is 0.905 bits per heavy atom. The molecule has 0 fully saturated rings. The zero-order chi connectivity index (χ0) is 15.7. The van der Waals surface area contributed by atoms with Crippen molar-refractivity contribution in [2.24, 2.45) is 0 Å². The first-order chi connectivity index (χ1) is 10.1. The minimum absolute atomic E-state index is 0.671. The van der Waals surface area contributed by atoms with Crippen molar-refractivity contribution < 1.29 is 13.3 Å². The Bertz CT molecular complexity index is 404. The lowest BCUT2D eigenvalue weighted by molar-refractivity contribution is 0.0731. The highest BCUT2D eigenvalue weighted by molar-refractivity contribution is 14.1. The van der Waals surface area contributed by atoms with Crippen LogP contribution in [0.1, 0.15) is 45.6 Å². The third-order valence-corrected chi connectivity index (χ3v) is 6.98. The van der Waals surface area contributed by atoms with Crippen LogP contribution >= 0.6 is 22.6 Å². The average molecular weight is 422 g/mol. The van der Waals surface area contributed by atoms with Gasteiger partial charge in [0.25, 0.3) is 0 Å². The van der Waals surface area contributed by atoms with Crippen molar-refractivity contribution in [3.05, 3.63) is 27.3 Å². The molecule has 0 aromatic heterocycles. The van der Waals surface area contributed by atoms with E-state index in [1.165, 1.54) is 9.13 Å². The molecule has 0 saturated heterocycles. The normalized spacial score (nSPS) is 11.9. The van der Waals surface area contributed by atoms with Crippen molar-refractivity contribution >= 4 is 36.6 Å². The van der Waals surface area contributed by atoms with Gasteiger partial charge in [-0.25, -0.2) is 0 Å². The summed E-state index contributed by atoms with van der Waals surface area (Å²) in [6, 6.07) is 6.38. The second-order valence-electron chi connectivity index (χ2n) is 5.07. The lowest BCUT2D eigenvalue weighted by Crippen LogP contribution is -2.57. The van der Waals surface area contributed by atoms with Crippen molar-refractivity contribution in [2.75, 3.05) is 19.8 Å². The van der Waals surface area contributed by atoms with Gasteiger partial charge in [-0.15, -0.1) is 0 Å². The van der Waals surface area contributed by atoms with Crippen LogP contribution in [-0.2, 0) is 13.3 Å². The van der Waals surface area contributed by atoms with Crippen LogP contribution in [0.4, 0.5) is 0 Å². The molecule has 1 aromatic rings. The molecule has 0 N–H and O–H groups in total. The van der Waals surface area contributed by atoms with Gasteiger partial charge in [0.1, 0.15) is 0 Å². The minimum atomic E-state index is -2.79. The van der Waals surface area contributed by atoms with E-state index in [0.717, 1.165) is 24.4 Å². The monoisotopic (exact) mass is 422 g/mol. The Labute approximate surface area is 143 Å². The fraction of sp³-hybridized carbons (Fsp3) is 0.625. The standard InChI is InChI=1S/C16H27IO3Si/c1-5-10-18-21(19-11-6-2,20-12-7-3)15-8-9-16(17)14(4)13-15/h8-9,13H,5-7,10-12H2,1-4H3. The molecule has 120 valence electrons. The van der Waals surface area contributed by atoms with E-state index in [4.69, 9.17) is 13.3 Å². The number of benzene rings is 1. The summed E-state index contributed by atoms with van der Waals surface area (Å²) >= 11 is 2.35. The van der Waals surface area contributed by atoms with E-state index >= 15 is 0 Å². The zero-order valence-corrected chi connectivity index (χ0v) is 16.7. The van der Waals surface area contributed by atoms with Crippen molar-refractivity contribution in [3.8, 4) is 0 Å². The Morgan fingerprint density at radius 2 is 1.38 bits per heavy atom. The molecule has 0 spiro atoms. The summed E-state index contributed by atoms with van der Waals surface area (Å²) in [6.45, 7) is 10.5. The van der Waals surface area contributed by atoms with E-state index in [9.17, 15) is 0 Å². The highest BCUT2D eigenvalue weighted by Crippen LogP contribution is 2.16. The number of hydrogen-bond donors (Lipinski definition) is 0. The van der Waals surface area contributed by atoms with Gasteiger partial charge in [0.2, 0.25) is 0 Å². The Hall–Kier alpha value is 0.0469. The Morgan fingerprint density at radius 3 is 1.76 bits per heavy atom. The second kappa shape index (κ2) is 9.94. The van der Waals surface area contributed by atoms with E-state index in [1.54, 1.807) is 0 Å². The molecule has 0 saturated carbocycles. The molecule has 0 aliphatic heterocycles. The SMILES string of the molecule is CCCO[Si](OCCC)(OCCC)c1ccc(I)c(C)c1. The largest absolute Gasteiger partial charge is 0.537 e. The number of rotatable bonds is 10. The molecule has 0 atom stereocenters. The zero-order valence-electron chi connectivity index (χ0n) is 13.6. The smallest absolute Gasteiger partial charge is 0.370 e. The van der Waals surface area contributed by atoms with Crippen molar-refractivity contribution in [1.82, 2.24) is 0 Å². The number of hydrogen-bond acceptors (Lipinski definition) is 3. The van der Waals surface area contributed by atoms with Gasteiger partial charge in [-0.3, -0.25) is 0 Å². The third kappa shape index (κ3) is 5.63. The van der Waals surface area contributed by atoms with Gasteiger partial charge in [0.15, 0.2) is 0 Å². The van der Waals surface area contributed by atoms with Gasteiger partial charge in [-0.05, 0) is 60.4 Å². The maximum Gasteiger partial charge on any atom is 0.537 e. The molecule has 0 aliphatic carbocycles. The van der Waals surface area contributed by atoms with Crippen LogP contribution in [0.5, 0.6) is 0 Å². The van der Waals surface area contributed by atoms with Crippen molar-refractivity contribution in [1.29, 1.82) is 0 Å². The van der Waals surface area contributed by atoms with Crippen molar-refractivity contribution in [2.45, 2.75) is 47.0 Å². The van der Waals surface area contributed by atoms with E-state index < -0.39 is 8.80 Å². The van der Waals surface area contributed by atoms with E-state index in [2.05, 4.69) is 68.5 Å². The lowest BCUT2D eigenvalue weighted by Gasteiger charge is -2.30. The molecular formula is C16H27IO3Si. The second-order valence-corrected chi connectivity index (χ2v) is 8.78. The first-order valence-electron chi connectivity index (χ1n) is 7.78. The van der Waals surface area contributed by atoms with E-state index in [-0.39, 0.29) is 0 Å². The molecule has 0 aliphatic rings. The number of aryl methyl sites for hydroxylation is 1. The van der Waals surface area contributed by atoms with E-state index in [1.807, 2.05) is 0 Å². The van der Waals surface area contributed by atoms with Gasteiger partial charge < -0.3 is 13.3 Å². The van der Waals surface area contributed by atoms with Crippen molar-refractivity contribution in [3.63, 3.8) is 0 Å². The summed E-state index contributed by atoms with van der Waals surface area (Å²) < 4.78 is 19.7. The molecular weight excluding hydrogens is 395 g/mol. The molecule has 1 aromatic carbocycles. The molecule has 0 bridgehead atoms. The molecule has 3 nitrogen and oxygen atoms in total. The molecule has 21 heavy (non-hydrogen) atoms. The van der Waals surface area contributed by atoms with Crippen LogP contribution in [0, 0.1) is 10.5 Å². The van der Waals surface area contributed by atoms with Crippen LogP contribution in [0.25, 0.3) is 0 Å². The summed E-state index contributed by atoms with van der Waals surface area (Å²) in [4.78, 5) is 0. The first kappa shape index (κ1) is 19.1. The van der Waals surface area contributed by atoms with Crippen LogP contribution in [-0.4, -0.2) is 28.6 Å². The molecule has 5 heteroatoms. The Balaban J connectivity index is 3.12. The van der Waals surface area contributed by atoms with E-state index in [0.29, 0.717) is 19.8 Å². The lowest BCUT2D eigenvalue weighted by atomic mass is 10.2. The predicted octanol–water partition coefficient (Wildman–Crippen LogP) is 4.03. The number of halogens is 1. The van der Waals surface area contributed by atoms with Crippen LogP contribution in [0.15, 0.2) is 18.2 Å². The Kier molecular flexibility index (Phi) is 9.04. The van der Waals surface area contributed by atoms with Gasteiger partial charge >= 0.3 is 8.80 Å². The summed E-state index contributed by atoms with van der Waals surface area (Å²) in [5.41, 5.74) is 1.24. The molecule has 0 amide bonds. The fourth-order valence-electron chi connectivity index (χ4n) is 1.92. The predicted molar refractivity (Wildman–Crippen MR) is 98.0 cm³/mol. The maximum absolute atomic E-state index is 6.16. The summed E-state index contributed by atoms with van der Waals surface area (Å²) in [5, 5.41) is 1.08. The summed E-state index contributed by atoms with van der Waals surface area (Å²) in [7, 11) is -2.79. The van der Waals surface area contributed by atoms with Gasteiger partial charge in [0.05, 0.1) is 0 Å². The third-order valence-electron chi connectivity index (χ3n) is 3.00. The highest BCUT2D eigenvalue weighted by Gasteiger charge is 2.43. The minimum Gasteiger partial charge on any atom is -0.370 e. The van der Waals surface area contributed by atoms with Crippen LogP contribution in [0.2, 0.25) is 0 Å². The van der Waals surface area contributed by atoms with Gasteiger partial charge in [0, 0.05) is 28.6 Å². The van der Waals surface area contributed by atoms with Gasteiger partial charge in [-0.1, -0.05) is 32.9 Å². The summed E-state index contributed by atoms with van der Waals surface area (Å²) in [5.74, 6) is 0. The van der Waals surface area contributed by atoms with Crippen LogP contribution < -0.4 is 5.19 Å². The fourth-order valence-corrected chi connectivity index (χ4v) is 5.10. The molecule has 0 heterocycles. The van der Waals surface area contributed by atoms with Gasteiger partial charge in [-0.2, -0.15) is 0 Å². The molecule has 0 unspecified atom stereocenters. The molecule has 1 rings (SSSR count). The summed E-state index contributed by atoms with van der Waals surface area (Å²) in [6.07, 6.45) is 2.88.